The molecule has 0 spiro atoms. The van der Waals surface area contributed by atoms with Crippen LogP contribution in [0.3, 0.4) is 0 Å². The van der Waals surface area contributed by atoms with Gasteiger partial charge in [0.15, 0.2) is 0 Å². The van der Waals surface area contributed by atoms with E-state index in [1.165, 1.54) is 0 Å². The molecular weight excluding hydrogens is 331 g/mol. The van der Waals surface area contributed by atoms with Crippen LogP contribution >= 0.6 is 11.3 Å². The van der Waals surface area contributed by atoms with Crippen LogP contribution in [-0.2, 0) is 0 Å². The van der Waals surface area contributed by atoms with Crippen LogP contribution in [0.2, 0.25) is 6.82 Å². The van der Waals surface area contributed by atoms with E-state index in [2.05, 4.69) is 15.2 Å². The molecular formula is C18H15BN4OS. The maximum atomic E-state index is 9.97. The lowest BCUT2D eigenvalue weighted by molar-refractivity contribution is 0.594. The third kappa shape index (κ3) is 2.88. The Morgan fingerprint density at radius 2 is 2.00 bits per heavy atom. The number of thiazole rings is 1. The highest BCUT2D eigenvalue weighted by Gasteiger charge is 2.15. The lowest BCUT2D eigenvalue weighted by Crippen LogP contribution is -2.26. The summed E-state index contributed by atoms with van der Waals surface area (Å²) in [4.78, 5) is 4.43. The maximum Gasteiger partial charge on any atom is 0.320 e. The van der Waals surface area contributed by atoms with Crippen LogP contribution in [0.4, 0.5) is 5.69 Å². The summed E-state index contributed by atoms with van der Waals surface area (Å²) in [7, 11) is 0. The molecule has 0 aliphatic carbocycles. The minimum absolute atomic E-state index is 0.542. The van der Waals surface area contributed by atoms with Gasteiger partial charge in [0.05, 0.1) is 17.4 Å². The van der Waals surface area contributed by atoms with E-state index >= 15 is 0 Å². The second-order valence-corrected chi connectivity index (χ2v) is 6.74. The van der Waals surface area contributed by atoms with Gasteiger partial charge in [-0.2, -0.15) is 10.2 Å². The minimum Gasteiger partial charge on any atom is -0.447 e. The minimum atomic E-state index is -0.542. The van der Waals surface area contributed by atoms with Crippen LogP contribution in [-0.4, -0.2) is 27.1 Å². The van der Waals surface area contributed by atoms with Crippen molar-refractivity contribution < 1.29 is 5.02 Å². The summed E-state index contributed by atoms with van der Waals surface area (Å²) in [5.74, 6) is 0. The predicted octanol–water partition coefficient (Wildman–Crippen LogP) is 2.82. The van der Waals surface area contributed by atoms with Gasteiger partial charge in [-0.25, -0.2) is 4.98 Å². The zero-order valence-corrected chi connectivity index (χ0v) is 14.4. The molecule has 0 unspecified atom stereocenters. The average molecular weight is 346 g/mol. The number of nitrogen functional groups attached to an aromatic ring is 1. The van der Waals surface area contributed by atoms with E-state index in [1.807, 2.05) is 41.8 Å². The second kappa shape index (κ2) is 6.27. The lowest BCUT2D eigenvalue weighted by atomic mass is 9.64. The highest BCUT2D eigenvalue weighted by Crippen LogP contribution is 2.34. The van der Waals surface area contributed by atoms with Crippen molar-refractivity contribution in [2.24, 2.45) is 0 Å². The van der Waals surface area contributed by atoms with Crippen LogP contribution in [0.1, 0.15) is 0 Å². The molecule has 0 radical (unpaired) electrons. The van der Waals surface area contributed by atoms with Crippen molar-refractivity contribution in [3.05, 3.63) is 54.2 Å². The van der Waals surface area contributed by atoms with E-state index in [-0.39, 0.29) is 0 Å². The molecule has 4 rings (SSSR count). The quantitative estimate of drug-likeness (QED) is 0.557. The summed E-state index contributed by atoms with van der Waals surface area (Å²) in [6, 6.07) is 11.9. The van der Waals surface area contributed by atoms with Gasteiger partial charge >= 0.3 is 6.92 Å². The van der Waals surface area contributed by atoms with Crippen LogP contribution < -0.4 is 11.2 Å². The number of fused-ring (bicyclic) bond motifs is 1. The monoisotopic (exact) mass is 346 g/mol. The van der Waals surface area contributed by atoms with Crippen LogP contribution in [0.5, 0.6) is 0 Å². The van der Waals surface area contributed by atoms with Crippen LogP contribution in [0.15, 0.2) is 54.2 Å². The van der Waals surface area contributed by atoms with E-state index in [9.17, 15) is 5.02 Å². The molecule has 0 bridgehead atoms. The SMILES string of the molecule is CB(O)c1ccc(-c2nccs2)c(-c2ccc3c(N)cnnc3c2)c1. The Bertz CT molecular complexity index is 1050. The van der Waals surface area contributed by atoms with Gasteiger partial charge < -0.3 is 10.8 Å². The number of anilines is 1. The molecule has 0 atom stereocenters. The first-order valence-electron chi connectivity index (χ1n) is 7.86. The highest BCUT2D eigenvalue weighted by atomic mass is 32.1. The molecule has 0 saturated carbocycles. The number of hydrogen-bond acceptors (Lipinski definition) is 6. The molecule has 7 heteroatoms. The lowest BCUT2D eigenvalue weighted by Gasteiger charge is -2.12. The summed E-state index contributed by atoms with van der Waals surface area (Å²) in [6.07, 6.45) is 3.34. The molecule has 0 aliphatic rings. The fraction of sp³-hybridized carbons (Fsp3) is 0.0556. The average Bonchev–Trinajstić information content (AvgIpc) is 3.15. The Hall–Kier alpha value is -2.77. The Morgan fingerprint density at radius 3 is 2.76 bits per heavy atom. The van der Waals surface area contributed by atoms with Crippen molar-refractivity contribution in [2.75, 3.05) is 5.73 Å². The third-order valence-electron chi connectivity index (χ3n) is 4.17. The van der Waals surface area contributed by atoms with E-state index in [1.54, 1.807) is 30.6 Å². The molecule has 122 valence electrons. The van der Waals surface area contributed by atoms with E-state index < -0.39 is 6.92 Å². The number of rotatable bonds is 3. The van der Waals surface area contributed by atoms with Gasteiger partial charge in [0.2, 0.25) is 0 Å². The largest absolute Gasteiger partial charge is 0.447 e. The first-order valence-corrected chi connectivity index (χ1v) is 8.74. The van der Waals surface area contributed by atoms with Gasteiger partial charge in [-0.3, -0.25) is 0 Å². The van der Waals surface area contributed by atoms with Crippen molar-refractivity contribution in [1.82, 2.24) is 15.2 Å². The number of nitrogens with zero attached hydrogens (tertiary/aromatic N) is 3. The number of nitrogens with two attached hydrogens (primary N) is 1. The number of aromatic nitrogens is 3. The molecule has 2 heterocycles. The molecule has 5 nitrogen and oxygen atoms in total. The van der Waals surface area contributed by atoms with Gasteiger partial charge in [0, 0.05) is 22.5 Å². The van der Waals surface area contributed by atoms with E-state index in [4.69, 9.17) is 5.73 Å². The van der Waals surface area contributed by atoms with Crippen molar-refractivity contribution in [2.45, 2.75) is 6.82 Å². The molecule has 0 fully saturated rings. The predicted molar refractivity (Wildman–Crippen MR) is 104 cm³/mol. The molecule has 2 aromatic heterocycles. The van der Waals surface area contributed by atoms with E-state index in [0.717, 1.165) is 38.1 Å². The van der Waals surface area contributed by atoms with Gasteiger partial charge in [-0.05, 0) is 28.7 Å². The summed E-state index contributed by atoms with van der Waals surface area (Å²) >= 11 is 1.58. The summed E-state index contributed by atoms with van der Waals surface area (Å²) < 4.78 is 0. The Kier molecular flexibility index (Phi) is 3.95. The highest BCUT2D eigenvalue weighted by molar-refractivity contribution is 7.13. The van der Waals surface area contributed by atoms with Crippen molar-refractivity contribution in [1.29, 1.82) is 0 Å². The van der Waals surface area contributed by atoms with Gasteiger partial charge in [-0.15, -0.1) is 11.3 Å². The summed E-state index contributed by atoms with van der Waals surface area (Å²) in [6.45, 7) is 1.22. The third-order valence-corrected chi connectivity index (χ3v) is 4.98. The first-order chi connectivity index (χ1) is 12.1. The van der Waals surface area contributed by atoms with Crippen molar-refractivity contribution >= 4 is 40.3 Å². The molecule has 4 aromatic rings. The van der Waals surface area contributed by atoms with E-state index in [0.29, 0.717) is 5.69 Å². The number of benzene rings is 2. The topological polar surface area (TPSA) is 84.9 Å². The van der Waals surface area contributed by atoms with Crippen LogP contribution in [0, 0.1) is 0 Å². The molecule has 0 aliphatic heterocycles. The second-order valence-electron chi connectivity index (χ2n) is 5.85. The molecule has 25 heavy (non-hydrogen) atoms. The number of hydrogen-bond donors (Lipinski definition) is 2. The van der Waals surface area contributed by atoms with Crippen LogP contribution in [0.25, 0.3) is 32.6 Å². The zero-order chi connectivity index (χ0) is 17.4. The fourth-order valence-electron chi connectivity index (χ4n) is 2.85. The molecule has 3 N–H and O–H groups in total. The Morgan fingerprint density at radius 1 is 1.12 bits per heavy atom. The first kappa shape index (κ1) is 15.7. The van der Waals surface area contributed by atoms with Crippen molar-refractivity contribution in [3.8, 4) is 21.7 Å². The van der Waals surface area contributed by atoms with Gasteiger partial charge in [0.1, 0.15) is 5.01 Å². The fourth-order valence-corrected chi connectivity index (χ4v) is 3.53. The zero-order valence-electron chi connectivity index (χ0n) is 13.5. The molecule has 0 saturated heterocycles. The van der Waals surface area contributed by atoms with Gasteiger partial charge in [-0.1, -0.05) is 31.1 Å². The normalized spacial score (nSPS) is 11.0. The standard InChI is InChI=1S/C18H15BN4OS/c1-19(24)12-3-5-13(18-21-6-7-25-18)15(9-12)11-2-4-14-16(20)10-22-23-17(14)8-11/h2-10,24H,1H3,(H2,20,23). The van der Waals surface area contributed by atoms with Gasteiger partial charge in [0.25, 0.3) is 0 Å². The molecule has 0 amide bonds. The smallest absolute Gasteiger partial charge is 0.320 e. The van der Waals surface area contributed by atoms with Crippen molar-refractivity contribution in [3.63, 3.8) is 0 Å². The Labute approximate surface area is 149 Å². The summed E-state index contributed by atoms with van der Waals surface area (Å²) in [5, 5.41) is 21.9. The summed E-state index contributed by atoms with van der Waals surface area (Å²) in [5.41, 5.74) is 11.2. The Balaban J connectivity index is 1.95. The maximum absolute atomic E-state index is 9.97. The molecule has 2 aromatic carbocycles.